The predicted molar refractivity (Wildman–Crippen MR) is 154 cm³/mol. The Hall–Kier alpha value is -5.33. The molecule has 2 rings (SSSR count). The first kappa shape index (κ1) is 31.9. The highest BCUT2D eigenvalue weighted by atomic mass is 19.1. The first-order valence-corrected chi connectivity index (χ1v) is 12.3. The van der Waals surface area contributed by atoms with Gasteiger partial charge in [0.15, 0.2) is 23.9 Å². The van der Waals surface area contributed by atoms with Gasteiger partial charge < -0.3 is 31.2 Å². The number of hydrogen-bond acceptors (Lipinski definition) is 8. The van der Waals surface area contributed by atoms with Crippen LogP contribution < -0.4 is 37.1 Å². The number of benzene rings is 2. The maximum absolute atomic E-state index is 14.0. The van der Waals surface area contributed by atoms with Gasteiger partial charge in [-0.2, -0.15) is 0 Å². The molecule has 41 heavy (non-hydrogen) atoms. The van der Waals surface area contributed by atoms with E-state index in [0.717, 1.165) is 6.08 Å². The normalized spacial score (nSPS) is 12.0. The fourth-order valence-electron chi connectivity index (χ4n) is 3.30. The molecule has 0 aromatic heterocycles. The number of nitrogens with two attached hydrogens (primary N) is 2. The maximum Gasteiger partial charge on any atom is 0.272 e. The van der Waals surface area contributed by atoms with Crippen molar-refractivity contribution in [2.75, 3.05) is 32.6 Å². The van der Waals surface area contributed by atoms with Gasteiger partial charge in [-0.1, -0.05) is 18.7 Å². The van der Waals surface area contributed by atoms with Crippen LogP contribution in [0.2, 0.25) is 0 Å². The molecule has 8 N–H and O–H groups in total. The van der Waals surface area contributed by atoms with Crippen molar-refractivity contribution in [3.05, 3.63) is 89.9 Å². The highest BCUT2D eigenvalue weighted by Gasteiger charge is 2.24. The van der Waals surface area contributed by atoms with E-state index in [1.165, 1.54) is 11.0 Å². The molecule has 0 aliphatic rings. The highest BCUT2D eigenvalue weighted by Crippen LogP contribution is 2.32. The number of ether oxygens (including phenoxy) is 2. The third-order valence-corrected chi connectivity index (χ3v) is 5.45. The molecule has 0 bridgehead atoms. The number of halogens is 1. The fourth-order valence-corrected chi connectivity index (χ4v) is 3.30. The minimum absolute atomic E-state index is 0.125. The molecule has 0 fully saturated rings. The molecule has 0 aliphatic carbocycles. The number of hydrazine groups is 1. The molecule has 0 saturated carbocycles. The zero-order valence-electron chi connectivity index (χ0n) is 23.0. The number of nitrogens with one attached hydrogen (secondary N) is 4. The van der Waals surface area contributed by atoms with Gasteiger partial charge in [-0.15, -0.1) is 0 Å². The van der Waals surface area contributed by atoms with Gasteiger partial charge >= 0.3 is 0 Å². The van der Waals surface area contributed by atoms with Crippen molar-refractivity contribution in [2.24, 2.45) is 11.5 Å². The molecule has 1 atom stereocenters. The topological polar surface area (TPSA) is 185 Å². The Balaban J connectivity index is 2.41. The fraction of sp³-hybridized carbons (Fsp3) is 0.214. The molecule has 1 unspecified atom stereocenters. The number of anilines is 1. The second-order valence-electron chi connectivity index (χ2n) is 8.56. The van der Waals surface area contributed by atoms with Crippen LogP contribution in [0, 0.1) is 5.41 Å². The quantitative estimate of drug-likeness (QED) is 0.0698. The number of rotatable bonds is 13. The molecule has 0 saturated heterocycles. The third kappa shape index (κ3) is 9.13. The van der Waals surface area contributed by atoms with Gasteiger partial charge in [0.1, 0.15) is 11.9 Å². The lowest BCUT2D eigenvalue weighted by Gasteiger charge is -2.22. The van der Waals surface area contributed by atoms with Gasteiger partial charge in [-0.25, -0.2) is 4.39 Å². The SMILES string of the molecule is C=C/C=C(C(=O)NNC(=O)C(Nc1ccc(C(=N)N)cc1)c1ccc(OCC(=O)N(C)C)c(OCC)c1)\C(F)=C/N. The lowest BCUT2D eigenvalue weighted by Crippen LogP contribution is -2.46. The minimum Gasteiger partial charge on any atom is -0.490 e. The Kier molecular flexibility index (Phi) is 11.9. The summed E-state index contributed by atoms with van der Waals surface area (Å²) in [6.07, 6.45) is 2.90. The number of allylic oxidation sites excluding steroid dienone is 2. The first-order chi connectivity index (χ1) is 19.5. The molecule has 0 heterocycles. The molecule has 0 radical (unpaired) electrons. The van der Waals surface area contributed by atoms with Crippen LogP contribution in [0.4, 0.5) is 10.1 Å². The molecule has 2 aromatic rings. The van der Waals surface area contributed by atoms with Crippen LogP contribution in [0.5, 0.6) is 11.5 Å². The number of nitrogen functional groups attached to an aromatic ring is 1. The van der Waals surface area contributed by atoms with E-state index in [1.807, 2.05) is 0 Å². The van der Waals surface area contributed by atoms with Crippen molar-refractivity contribution >= 4 is 29.2 Å². The van der Waals surface area contributed by atoms with E-state index in [-0.39, 0.29) is 36.5 Å². The summed E-state index contributed by atoms with van der Waals surface area (Å²) in [7, 11) is 3.21. The molecular formula is C28H34FN7O5. The van der Waals surface area contributed by atoms with Gasteiger partial charge in [0.05, 0.1) is 12.2 Å². The van der Waals surface area contributed by atoms with Gasteiger partial charge in [0.2, 0.25) is 0 Å². The van der Waals surface area contributed by atoms with Crippen molar-refractivity contribution in [1.29, 1.82) is 5.41 Å². The van der Waals surface area contributed by atoms with Crippen LogP contribution >= 0.6 is 0 Å². The van der Waals surface area contributed by atoms with Gasteiger partial charge in [0, 0.05) is 31.5 Å². The third-order valence-electron chi connectivity index (χ3n) is 5.45. The number of likely N-dealkylation sites (N-methyl/N-ethyl adjacent to an activating group) is 1. The van der Waals surface area contributed by atoms with E-state index < -0.39 is 29.3 Å². The summed E-state index contributed by atoms with van der Waals surface area (Å²) < 4.78 is 25.4. The average Bonchev–Trinajstić information content (AvgIpc) is 2.96. The first-order valence-electron chi connectivity index (χ1n) is 12.3. The number of carbonyl (C=O) groups excluding carboxylic acids is 3. The molecule has 218 valence electrons. The summed E-state index contributed by atoms with van der Waals surface area (Å²) in [4.78, 5) is 39.3. The Morgan fingerprint density at radius 3 is 2.34 bits per heavy atom. The minimum atomic E-state index is -1.11. The van der Waals surface area contributed by atoms with Crippen LogP contribution in [-0.4, -0.2) is 55.8 Å². The summed E-state index contributed by atoms with van der Waals surface area (Å²) in [5, 5.41) is 10.6. The summed E-state index contributed by atoms with van der Waals surface area (Å²) in [5.41, 5.74) is 16.1. The van der Waals surface area contributed by atoms with Crippen molar-refractivity contribution < 1.29 is 28.2 Å². The summed E-state index contributed by atoms with van der Waals surface area (Å²) in [6.45, 7) is 5.24. The Labute approximate surface area is 237 Å². The number of hydrogen-bond donors (Lipinski definition) is 6. The van der Waals surface area contributed by atoms with Crippen LogP contribution in [0.1, 0.15) is 24.1 Å². The number of carbonyl (C=O) groups is 3. The molecular weight excluding hydrogens is 533 g/mol. The van der Waals surface area contributed by atoms with E-state index in [0.29, 0.717) is 23.0 Å². The maximum atomic E-state index is 14.0. The van der Waals surface area contributed by atoms with E-state index >= 15 is 0 Å². The highest BCUT2D eigenvalue weighted by molar-refractivity contribution is 5.99. The lowest BCUT2D eigenvalue weighted by atomic mass is 10.0. The Morgan fingerprint density at radius 2 is 1.78 bits per heavy atom. The van der Waals surface area contributed by atoms with Crippen molar-refractivity contribution in [3.63, 3.8) is 0 Å². The summed E-state index contributed by atoms with van der Waals surface area (Å²) in [6, 6.07) is 10.0. The lowest BCUT2D eigenvalue weighted by molar-refractivity contribution is -0.130. The Bertz CT molecular complexity index is 1340. The van der Waals surface area contributed by atoms with E-state index in [2.05, 4.69) is 22.7 Å². The molecule has 13 heteroatoms. The van der Waals surface area contributed by atoms with E-state index in [4.69, 9.17) is 26.4 Å². The number of nitrogens with zero attached hydrogens (tertiary/aromatic N) is 1. The zero-order valence-corrected chi connectivity index (χ0v) is 23.0. The second-order valence-corrected chi connectivity index (χ2v) is 8.56. The molecule has 3 amide bonds. The average molecular weight is 568 g/mol. The van der Waals surface area contributed by atoms with Gasteiger partial charge in [0.25, 0.3) is 17.7 Å². The van der Waals surface area contributed by atoms with Crippen LogP contribution in [-0.2, 0) is 14.4 Å². The van der Waals surface area contributed by atoms with E-state index in [9.17, 15) is 18.8 Å². The van der Waals surface area contributed by atoms with Crippen LogP contribution in [0.25, 0.3) is 0 Å². The monoisotopic (exact) mass is 567 g/mol. The zero-order chi connectivity index (χ0) is 30.5. The standard InChI is InChI=1S/C28H34FN7O5/c1-5-7-20(21(29)15-30)27(38)34-35-28(39)25(33-19-11-8-17(9-12-19)26(31)32)18-10-13-22(23(14-18)40-6-2)41-16-24(37)36(3)4/h5,7-15,25,33H,1,6,16,30H2,2-4H3,(H3,31,32)(H,34,38)(H,35,39)/b20-7+,21-15+. The van der Waals surface area contributed by atoms with Crippen LogP contribution in [0.15, 0.2) is 78.8 Å². The molecule has 2 aromatic carbocycles. The summed E-state index contributed by atoms with van der Waals surface area (Å²) in [5.74, 6) is -2.52. The van der Waals surface area contributed by atoms with Crippen molar-refractivity contribution in [3.8, 4) is 11.5 Å². The largest absolute Gasteiger partial charge is 0.490 e. The molecule has 12 nitrogen and oxygen atoms in total. The van der Waals surface area contributed by atoms with Gasteiger partial charge in [-0.3, -0.25) is 30.6 Å². The van der Waals surface area contributed by atoms with Crippen molar-refractivity contribution in [1.82, 2.24) is 15.8 Å². The van der Waals surface area contributed by atoms with Gasteiger partial charge in [-0.05, 0) is 55.0 Å². The predicted octanol–water partition coefficient (Wildman–Crippen LogP) is 2.02. The van der Waals surface area contributed by atoms with Crippen LogP contribution in [0.3, 0.4) is 0 Å². The molecule has 0 spiro atoms. The van der Waals surface area contributed by atoms with E-state index in [1.54, 1.807) is 63.5 Å². The Morgan fingerprint density at radius 1 is 1.10 bits per heavy atom. The smallest absolute Gasteiger partial charge is 0.272 e. The van der Waals surface area contributed by atoms with Crippen molar-refractivity contribution in [2.45, 2.75) is 13.0 Å². The molecule has 0 aliphatic heterocycles. The number of amidine groups is 1. The number of amides is 3. The second kappa shape index (κ2) is 15.3. The summed E-state index contributed by atoms with van der Waals surface area (Å²) >= 11 is 0.